The topological polar surface area (TPSA) is 45.5 Å². The van der Waals surface area contributed by atoms with Gasteiger partial charge in [-0.2, -0.15) is 0 Å². The predicted molar refractivity (Wildman–Crippen MR) is 99.3 cm³/mol. The average Bonchev–Trinajstić information content (AvgIpc) is 2.61. The second kappa shape index (κ2) is 5.78. The molecule has 1 N–H and O–H groups in total. The van der Waals surface area contributed by atoms with Gasteiger partial charge in [0.15, 0.2) is 0 Å². The van der Waals surface area contributed by atoms with Crippen molar-refractivity contribution in [2.45, 2.75) is 6.92 Å². The van der Waals surface area contributed by atoms with Crippen LogP contribution < -0.4 is 0 Å². The van der Waals surface area contributed by atoms with Gasteiger partial charge in [0.1, 0.15) is 5.75 Å². The minimum atomic E-state index is 0.224. The highest BCUT2D eigenvalue weighted by molar-refractivity contribution is 6.04. The van der Waals surface area contributed by atoms with E-state index in [0.717, 1.165) is 38.6 Å². The summed E-state index contributed by atoms with van der Waals surface area (Å²) in [6.45, 7) is 1.97. The summed E-state index contributed by atoms with van der Waals surface area (Å²) in [5.41, 5.74) is 3.34. The fraction of sp³-hybridized carbons (Fsp3) is 0.0476. The number of aromatic hydroxyl groups is 1. The lowest BCUT2D eigenvalue weighted by atomic mass is 10.0. The van der Waals surface area contributed by atoms with Crippen molar-refractivity contribution in [2.75, 3.05) is 0 Å². The van der Waals surface area contributed by atoms with Crippen LogP contribution in [0, 0.1) is 6.92 Å². The number of hydrogen-bond acceptors (Lipinski definition) is 3. The molecule has 0 fully saturated rings. The van der Waals surface area contributed by atoms with E-state index in [1.54, 1.807) is 12.3 Å². The van der Waals surface area contributed by atoms with Crippen molar-refractivity contribution in [3.05, 3.63) is 78.0 Å². The van der Waals surface area contributed by atoms with Crippen LogP contribution in [0.15, 0.2) is 71.7 Å². The van der Waals surface area contributed by atoms with Crippen LogP contribution in [-0.4, -0.2) is 16.3 Å². The van der Waals surface area contributed by atoms with Crippen LogP contribution in [0.5, 0.6) is 5.75 Å². The maximum Gasteiger partial charge on any atom is 0.124 e. The molecule has 1 aromatic heterocycles. The van der Waals surface area contributed by atoms with E-state index < -0.39 is 0 Å². The zero-order valence-corrected chi connectivity index (χ0v) is 13.3. The molecule has 0 aliphatic rings. The molecule has 4 rings (SSSR count). The molecule has 0 radical (unpaired) electrons. The monoisotopic (exact) mass is 312 g/mol. The molecule has 0 unspecified atom stereocenters. The molecule has 24 heavy (non-hydrogen) atoms. The maximum atomic E-state index is 10.2. The van der Waals surface area contributed by atoms with Crippen LogP contribution in [0.3, 0.4) is 0 Å². The number of nitrogens with zero attached hydrogens (tertiary/aromatic N) is 2. The summed E-state index contributed by atoms with van der Waals surface area (Å²) in [4.78, 5) is 9.21. The molecule has 0 amide bonds. The molecular formula is C21H16N2O. The Bertz CT molecular complexity index is 1080. The fourth-order valence-electron chi connectivity index (χ4n) is 2.89. The van der Waals surface area contributed by atoms with E-state index in [9.17, 15) is 5.11 Å². The minimum Gasteiger partial charge on any atom is -0.507 e. The van der Waals surface area contributed by atoms with E-state index in [0.29, 0.717) is 0 Å². The van der Waals surface area contributed by atoms with Crippen molar-refractivity contribution in [3.63, 3.8) is 0 Å². The van der Waals surface area contributed by atoms with Crippen LogP contribution in [0.25, 0.3) is 21.7 Å². The molecule has 3 aromatic carbocycles. The lowest BCUT2D eigenvalue weighted by Crippen LogP contribution is -1.87. The first kappa shape index (κ1) is 14.4. The first-order valence-electron chi connectivity index (χ1n) is 7.83. The zero-order chi connectivity index (χ0) is 16.5. The summed E-state index contributed by atoms with van der Waals surface area (Å²) >= 11 is 0. The summed E-state index contributed by atoms with van der Waals surface area (Å²) in [5.74, 6) is 0.224. The summed E-state index contributed by atoms with van der Waals surface area (Å²) < 4.78 is 0. The van der Waals surface area contributed by atoms with Gasteiger partial charge in [-0.3, -0.25) is 9.98 Å². The lowest BCUT2D eigenvalue weighted by Gasteiger charge is -2.05. The van der Waals surface area contributed by atoms with E-state index in [1.165, 1.54) is 0 Å². The Morgan fingerprint density at radius 3 is 2.58 bits per heavy atom. The summed E-state index contributed by atoms with van der Waals surface area (Å²) in [6, 6.07) is 21.5. The van der Waals surface area contributed by atoms with E-state index in [2.05, 4.69) is 9.98 Å². The molecule has 0 saturated carbocycles. The molecule has 0 aliphatic carbocycles. The standard InChI is InChI=1S/C21H16N2O/c1-14-9-10-16-6-4-8-19(21(16)23-14)22-13-18-17-7-3-2-5-15(17)11-12-20(18)24/h2-13,24H,1H3. The number of rotatable bonds is 2. The van der Waals surface area contributed by atoms with Gasteiger partial charge in [-0.15, -0.1) is 0 Å². The Morgan fingerprint density at radius 1 is 0.875 bits per heavy atom. The summed E-state index contributed by atoms with van der Waals surface area (Å²) in [7, 11) is 0. The van der Waals surface area contributed by atoms with Crippen LogP contribution in [0.2, 0.25) is 0 Å². The molecule has 1 heterocycles. The van der Waals surface area contributed by atoms with Crippen molar-refractivity contribution >= 4 is 33.6 Å². The Kier molecular flexibility index (Phi) is 3.47. The van der Waals surface area contributed by atoms with Gasteiger partial charge in [0.25, 0.3) is 0 Å². The zero-order valence-electron chi connectivity index (χ0n) is 13.3. The van der Waals surface area contributed by atoms with Crippen LogP contribution >= 0.6 is 0 Å². The number of phenols is 1. The van der Waals surface area contributed by atoms with Crippen LogP contribution in [0.1, 0.15) is 11.3 Å². The van der Waals surface area contributed by atoms with E-state index >= 15 is 0 Å². The van der Waals surface area contributed by atoms with E-state index in [4.69, 9.17) is 0 Å². The molecule has 3 nitrogen and oxygen atoms in total. The third kappa shape index (κ3) is 2.50. The molecule has 0 aliphatic heterocycles. The van der Waals surface area contributed by atoms with Crippen LogP contribution in [-0.2, 0) is 0 Å². The molecule has 0 atom stereocenters. The average molecular weight is 312 g/mol. The number of aliphatic imine (C=N–C) groups is 1. The van der Waals surface area contributed by atoms with Crippen molar-refractivity contribution in [1.82, 2.24) is 4.98 Å². The second-order valence-electron chi connectivity index (χ2n) is 5.78. The predicted octanol–water partition coefficient (Wildman–Crippen LogP) is 5.15. The molecule has 116 valence electrons. The van der Waals surface area contributed by atoms with Gasteiger partial charge in [-0.05, 0) is 35.9 Å². The largest absolute Gasteiger partial charge is 0.507 e. The SMILES string of the molecule is Cc1ccc2cccc(N=Cc3c(O)ccc4ccccc34)c2n1. The third-order valence-corrected chi connectivity index (χ3v) is 4.12. The molecular weight excluding hydrogens is 296 g/mol. The van der Waals surface area contributed by atoms with Gasteiger partial charge in [0, 0.05) is 22.9 Å². The van der Waals surface area contributed by atoms with Crippen molar-refractivity contribution in [2.24, 2.45) is 4.99 Å². The highest BCUT2D eigenvalue weighted by Gasteiger charge is 2.05. The molecule has 4 aromatic rings. The number of pyridine rings is 1. The molecule has 0 bridgehead atoms. The molecule has 0 saturated heterocycles. The number of fused-ring (bicyclic) bond motifs is 2. The Hall–Kier alpha value is -3.20. The maximum absolute atomic E-state index is 10.2. The smallest absolute Gasteiger partial charge is 0.124 e. The van der Waals surface area contributed by atoms with E-state index in [-0.39, 0.29) is 5.75 Å². The van der Waals surface area contributed by atoms with Gasteiger partial charge in [-0.25, -0.2) is 0 Å². The number of para-hydroxylation sites is 1. The summed E-state index contributed by atoms with van der Waals surface area (Å²) in [5, 5.41) is 13.3. The van der Waals surface area contributed by atoms with Crippen molar-refractivity contribution in [3.8, 4) is 5.75 Å². The number of aromatic nitrogens is 1. The molecule has 3 heteroatoms. The van der Waals surface area contributed by atoms with Gasteiger partial charge in [0.2, 0.25) is 0 Å². The summed E-state index contributed by atoms with van der Waals surface area (Å²) in [6.07, 6.45) is 1.72. The van der Waals surface area contributed by atoms with Gasteiger partial charge in [-0.1, -0.05) is 48.5 Å². The number of hydrogen-bond donors (Lipinski definition) is 1. The lowest BCUT2D eigenvalue weighted by molar-refractivity contribution is 0.475. The fourth-order valence-corrected chi connectivity index (χ4v) is 2.89. The van der Waals surface area contributed by atoms with Gasteiger partial charge < -0.3 is 5.11 Å². The molecule has 0 spiro atoms. The first-order valence-corrected chi connectivity index (χ1v) is 7.83. The van der Waals surface area contributed by atoms with Crippen LogP contribution in [0.4, 0.5) is 5.69 Å². The third-order valence-electron chi connectivity index (χ3n) is 4.12. The number of phenolic OH excluding ortho intramolecular Hbond substituents is 1. The number of benzene rings is 3. The Balaban J connectivity index is 1.87. The normalized spacial score (nSPS) is 11.5. The highest BCUT2D eigenvalue weighted by Crippen LogP contribution is 2.28. The quantitative estimate of drug-likeness (QED) is 0.520. The first-order chi connectivity index (χ1) is 11.7. The van der Waals surface area contributed by atoms with Crippen molar-refractivity contribution in [1.29, 1.82) is 0 Å². The Labute approximate surface area is 139 Å². The van der Waals surface area contributed by atoms with E-state index in [1.807, 2.05) is 67.6 Å². The number of aryl methyl sites for hydroxylation is 1. The van der Waals surface area contributed by atoms with Gasteiger partial charge >= 0.3 is 0 Å². The van der Waals surface area contributed by atoms with Crippen molar-refractivity contribution < 1.29 is 5.11 Å². The minimum absolute atomic E-state index is 0.224. The van der Waals surface area contributed by atoms with Gasteiger partial charge in [0.05, 0.1) is 11.2 Å². The highest BCUT2D eigenvalue weighted by atomic mass is 16.3. The Morgan fingerprint density at radius 2 is 1.67 bits per heavy atom. The second-order valence-corrected chi connectivity index (χ2v) is 5.78.